The average Bonchev–Trinajstić information content (AvgIpc) is 3.07. The van der Waals surface area contributed by atoms with Crippen LogP contribution in [-0.2, 0) is 26.3 Å². The summed E-state index contributed by atoms with van der Waals surface area (Å²) in [6.07, 6.45) is -5.77. The number of carboxylic acid groups (broad SMARTS) is 1. The third kappa shape index (κ3) is 4.53. The zero-order valence-corrected chi connectivity index (χ0v) is 20.0. The maximum Gasteiger partial charge on any atom is 0.511 e. The molecule has 0 atom stereocenters. The number of carbonyl (C=O) groups is 1. The molecule has 4 aromatic rings. The molecule has 0 spiro atoms. The second kappa shape index (κ2) is 9.32. The first-order chi connectivity index (χ1) is 17.3. The summed E-state index contributed by atoms with van der Waals surface area (Å²) in [5.41, 5.74) is -2.71. The average molecular weight is 539 g/mol. The van der Waals surface area contributed by atoms with Crippen LogP contribution in [0, 0.1) is 0 Å². The summed E-state index contributed by atoms with van der Waals surface area (Å²) in [4.78, 5) is 49.9. The van der Waals surface area contributed by atoms with Crippen LogP contribution in [-0.4, -0.2) is 29.5 Å². The van der Waals surface area contributed by atoms with Gasteiger partial charge >= 0.3 is 23.7 Å². The van der Waals surface area contributed by atoms with E-state index in [0.29, 0.717) is 22.1 Å². The summed E-state index contributed by atoms with van der Waals surface area (Å²) in [6.45, 7) is 1.36. The molecular formula is C23H18ClF3N4O6. The number of halogens is 4. The molecule has 2 heterocycles. The maximum atomic E-state index is 13.4. The van der Waals surface area contributed by atoms with Gasteiger partial charge in [-0.15, -0.1) is 0 Å². The van der Waals surface area contributed by atoms with E-state index >= 15 is 0 Å². The van der Waals surface area contributed by atoms with E-state index in [9.17, 15) is 32.3 Å². The Morgan fingerprint density at radius 1 is 1.05 bits per heavy atom. The molecular weight excluding hydrogens is 521 g/mol. The standard InChI is InChI=1S/C23H18ClF3N4O6/c1-3-29-16-9-13(7-8-15(16)28(2)20(29)33)30-11-17(37-22(35)36)19(32)31(21(30)34)10-12-5-4-6-14(18(12)24)23(25,26)27/h4-9,11H,3,10H2,1-2H3,(H,35,36). The van der Waals surface area contributed by atoms with Crippen molar-refractivity contribution in [2.45, 2.75) is 26.2 Å². The van der Waals surface area contributed by atoms with Gasteiger partial charge in [-0.05, 0) is 36.8 Å². The molecule has 0 amide bonds. The highest BCUT2D eigenvalue weighted by molar-refractivity contribution is 6.32. The third-order valence-corrected chi connectivity index (χ3v) is 6.22. The van der Waals surface area contributed by atoms with Gasteiger partial charge in [-0.25, -0.2) is 14.4 Å². The Morgan fingerprint density at radius 2 is 1.76 bits per heavy atom. The molecule has 10 nitrogen and oxygen atoms in total. The molecule has 2 aromatic carbocycles. The Labute approximate surface area is 209 Å². The molecule has 0 fully saturated rings. The SMILES string of the molecule is CCn1c(=O)n(C)c2ccc(-n3cc(OC(=O)O)c(=O)n(Cc4cccc(C(F)(F)F)c4Cl)c3=O)cc21. The summed E-state index contributed by atoms with van der Waals surface area (Å²) in [6, 6.07) is 7.52. The van der Waals surface area contributed by atoms with Crippen molar-refractivity contribution >= 4 is 28.8 Å². The van der Waals surface area contributed by atoms with E-state index in [1.165, 1.54) is 27.3 Å². The van der Waals surface area contributed by atoms with Crippen molar-refractivity contribution < 1.29 is 27.8 Å². The van der Waals surface area contributed by atoms with Crippen molar-refractivity contribution in [3.05, 3.63) is 90.1 Å². The van der Waals surface area contributed by atoms with Crippen molar-refractivity contribution in [1.82, 2.24) is 18.3 Å². The number of benzene rings is 2. The number of ether oxygens (including phenoxy) is 1. The van der Waals surface area contributed by atoms with Gasteiger partial charge < -0.3 is 9.84 Å². The molecule has 0 unspecified atom stereocenters. The van der Waals surface area contributed by atoms with Gasteiger partial charge in [0, 0.05) is 13.6 Å². The lowest BCUT2D eigenvalue weighted by Gasteiger charge is -2.15. The minimum atomic E-state index is -4.79. The van der Waals surface area contributed by atoms with Gasteiger partial charge in [0.15, 0.2) is 0 Å². The Hall–Kier alpha value is -4.26. The minimum Gasteiger partial charge on any atom is -0.449 e. The lowest BCUT2D eigenvalue weighted by molar-refractivity contribution is -0.137. The maximum absolute atomic E-state index is 13.4. The first-order valence-electron chi connectivity index (χ1n) is 10.7. The van der Waals surface area contributed by atoms with Crippen LogP contribution in [0.3, 0.4) is 0 Å². The molecule has 2 aromatic heterocycles. The number of aromatic nitrogens is 4. The highest BCUT2D eigenvalue weighted by Crippen LogP contribution is 2.36. The van der Waals surface area contributed by atoms with Crippen LogP contribution in [0.25, 0.3) is 16.7 Å². The molecule has 0 saturated carbocycles. The predicted molar refractivity (Wildman–Crippen MR) is 127 cm³/mol. The lowest BCUT2D eigenvalue weighted by Crippen LogP contribution is -2.40. The van der Waals surface area contributed by atoms with E-state index < -0.39 is 46.5 Å². The van der Waals surface area contributed by atoms with Gasteiger partial charge in [0.05, 0.1) is 40.0 Å². The van der Waals surface area contributed by atoms with Crippen LogP contribution in [0.5, 0.6) is 5.75 Å². The molecule has 194 valence electrons. The smallest absolute Gasteiger partial charge is 0.449 e. The number of hydrogen-bond acceptors (Lipinski definition) is 5. The van der Waals surface area contributed by atoms with Crippen LogP contribution in [0.2, 0.25) is 5.02 Å². The predicted octanol–water partition coefficient (Wildman–Crippen LogP) is 3.45. The zero-order chi connectivity index (χ0) is 27.2. The van der Waals surface area contributed by atoms with Crippen LogP contribution >= 0.6 is 11.6 Å². The molecule has 0 bridgehead atoms. The monoisotopic (exact) mass is 538 g/mol. The quantitative estimate of drug-likeness (QED) is 0.389. The van der Waals surface area contributed by atoms with Crippen molar-refractivity contribution in [2.75, 3.05) is 0 Å². The first kappa shape index (κ1) is 25.8. The fourth-order valence-electron chi connectivity index (χ4n) is 4.01. The van der Waals surface area contributed by atoms with Crippen molar-refractivity contribution in [2.24, 2.45) is 7.05 Å². The Morgan fingerprint density at radius 3 is 2.38 bits per heavy atom. The fraction of sp³-hybridized carbons (Fsp3) is 0.217. The number of rotatable bonds is 5. The van der Waals surface area contributed by atoms with Gasteiger partial charge in [0.25, 0.3) is 5.56 Å². The van der Waals surface area contributed by atoms with Gasteiger partial charge in [0.2, 0.25) is 5.75 Å². The number of hydrogen-bond donors (Lipinski definition) is 1. The lowest BCUT2D eigenvalue weighted by atomic mass is 10.1. The van der Waals surface area contributed by atoms with Crippen molar-refractivity contribution in [1.29, 1.82) is 0 Å². The topological polar surface area (TPSA) is 117 Å². The van der Waals surface area contributed by atoms with Crippen LogP contribution in [0.1, 0.15) is 18.1 Å². The van der Waals surface area contributed by atoms with Gasteiger partial charge in [-0.2, -0.15) is 13.2 Å². The summed E-state index contributed by atoms with van der Waals surface area (Å²) in [5, 5.41) is 8.36. The molecule has 0 aliphatic heterocycles. The molecule has 0 aliphatic rings. The number of alkyl halides is 3. The molecule has 0 saturated heterocycles. The van der Waals surface area contributed by atoms with Crippen molar-refractivity contribution in [3.8, 4) is 11.4 Å². The third-order valence-electron chi connectivity index (χ3n) is 5.77. The van der Waals surface area contributed by atoms with Crippen LogP contribution in [0.15, 0.2) is 57.0 Å². The second-order valence-corrected chi connectivity index (χ2v) is 8.32. The van der Waals surface area contributed by atoms with Gasteiger partial charge in [-0.1, -0.05) is 23.7 Å². The van der Waals surface area contributed by atoms with Crippen LogP contribution in [0.4, 0.5) is 18.0 Å². The molecule has 14 heteroatoms. The van der Waals surface area contributed by atoms with Gasteiger partial charge in [0.1, 0.15) is 0 Å². The highest BCUT2D eigenvalue weighted by atomic mass is 35.5. The Kier molecular flexibility index (Phi) is 6.50. The second-order valence-electron chi connectivity index (χ2n) is 7.94. The Balaban J connectivity index is 1.96. The zero-order valence-electron chi connectivity index (χ0n) is 19.2. The van der Waals surface area contributed by atoms with E-state index in [1.807, 2.05) is 0 Å². The highest BCUT2D eigenvalue weighted by Gasteiger charge is 2.34. The number of fused-ring (bicyclic) bond motifs is 1. The van der Waals surface area contributed by atoms with E-state index in [0.717, 1.165) is 22.9 Å². The number of aryl methyl sites for hydroxylation is 2. The van der Waals surface area contributed by atoms with E-state index in [1.54, 1.807) is 20.0 Å². The van der Waals surface area contributed by atoms with Gasteiger partial charge in [-0.3, -0.25) is 23.1 Å². The molecule has 0 radical (unpaired) electrons. The summed E-state index contributed by atoms with van der Waals surface area (Å²) in [7, 11) is 1.57. The number of nitrogens with zero attached hydrogens (tertiary/aromatic N) is 4. The molecule has 0 aliphatic carbocycles. The van der Waals surface area contributed by atoms with Crippen LogP contribution < -0.4 is 21.7 Å². The first-order valence-corrected chi connectivity index (χ1v) is 11.0. The minimum absolute atomic E-state index is 0.143. The summed E-state index contributed by atoms with van der Waals surface area (Å²) >= 11 is 5.94. The number of imidazole rings is 1. The van der Waals surface area contributed by atoms with Crippen molar-refractivity contribution in [3.63, 3.8) is 0 Å². The van der Waals surface area contributed by atoms with E-state index in [-0.39, 0.29) is 16.9 Å². The van der Waals surface area contributed by atoms with E-state index in [2.05, 4.69) is 4.74 Å². The summed E-state index contributed by atoms with van der Waals surface area (Å²) < 4.78 is 48.7. The molecule has 4 rings (SSSR count). The molecule has 1 N–H and O–H groups in total. The Bertz CT molecular complexity index is 1730. The molecule has 37 heavy (non-hydrogen) atoms. The normalized spacial score (nSPS) is 11.7. The largest absolute Gasteiger partial charge is 0.511 e. The summed E-state index contributed by atoms with van der Waals surface area (Å²) in [5.74, 6) is -0.767. The fourth-order valence-corrected chi connectivity index (χ4v) is 4.30. The van der Waals surface area contributed by atoms with E-state index in [4.69, 9.17) is 16.7 Å².